The maximum Gasteiger partial charge on any atom is 0.295 e. The van der Waals surface area contributed by atoms with Gasteiger partial charge in [-0.25, -0.2) is 0 Å². The first-order chi connectivity index (χ1) is 15.4. The van der Waals surface area contributed by atoms with Gasteiger partial charge in [0, 0.05) is 12.1 Å². The van der Waals surface area contributed by atoms with Gasteiger partial charge in [0.05, 0.1) is 17.7 Å². The highest BCUT2D eigenvalue weighted by atomic mass is 16.7. The zero-order chi connectivity index (χ0) is 22.8. The van der Waals surface area contributed by atoms with Gasteiger partial charge in [-0.1, -0.05) is 25.5 Å². The first-order valence-electron chi connectivity index (χ1n) is 10.9. The first kappa shape index (κ1) is 21.7. The molecule has 32 heavy (non-hydrogen) atoms. The highest BCUT2D eigenvalue weighted by molar-refractivity contribution is 6.46. The Balaban J connectivity index is 1.78. The normalized spacial score (nSPS) is 19.1. The van der Waals surface area contributed by atoms with Gasteiger partial charge in [-0.05, 0) is 56.2 Å². The van der Waals surface area contributed by atoms with Gasteiger partial charge >= 0.3 is 0 Å². The quantitative estimate of drug-likeness (QED) is 0.392. The van der Waals surface area contributed by atoms with E-state index in [2.05, 4.69) is 0 Å². The van der Waals surface area contributed by atoms with Crippen LogP contribution in [-0.4, -0.2) is 41.1 Å². The van der Waals surface area contributed by atoms with E-state index in [4.69, 9.17) is 14.2 Å². The van der Waals surface area contributed by atoms with Crippen LogP contribution in [0.15, 0.2) is 48.0 Å². The Labute approximate surface area is 187 Å². The van der Waals surface area contributed by atoms with E-state index in [9.17, 15) is 14.7 Å². The second-order valence-corrected chi connectivity index (χ2v) is 8.15. The molecule has 2 aliphatic heterocycles. The molecule has 2 aromatic carbocycles. The molecule has 1 unspecified atom stereocenters. The zero-order valence-electron chi connectivity index (χ0n) is 18.5. The lowest BCUT2D eigenvalue weighted by Gasteiger charge is -2.25. The molecule has 7 nitrogen and oxygen atoms in total. The number of fused-ring (bicyclic) bond motifs is 1. The maximum atomic E-state index is 13.0. The fourth-order valence-electron chi connectivity index (χ4n) is 3.99. The van der Waals surface area contributed by atoms with Gasteiger partial charge in [-0.3, -0.25) is 9.59 Å². The van der Waals surface area contributed by atoms with Crippen molar-refractivity contribution in [3.63, 3.8) is 0 Å². The van der Waals surface area contributed by atoms with Crippen molar-refractivity contribution in [2.24, 2.45) is 0 Å². The summed E-state index contributed by atoms with van der Waals surface area (Å²) < 4.78 is 16.4. The number of hydrogen-bond donors (Lipinski definition) is 1. The highest BCUT2D eigenvalue weighted by Crippen LogP contribution is 2.41. The summed E-state index contributed by atoms with van der Waals surface area (Å²) in [6.45, 7) is 6.44. The van der Waals surface area contributed by atoms with Crippen LogP contribution in [-0.2, 0) is 9.59 Å². The molecule has 1 fully saturated rings. The van der Waals surface area contributed by atoms with E-state index in [1.54, 1.807) is 23.1 Å². The number of likely N-dealkylation sites (tertiary alicyclic amines) is 1. The summed E-state index contributed by atoms with van der Waals surface area (Å²) in [5, 5.41) is 11.1. The molecule has 0 spiro atoms. The summed E-state index contributed by atoms with van der Waals surface area (Å²) in [5.41, 5.74) is 1.20. The zero-order valence-corrected chi connectivity index (χ0v) is 18.5. The molecule has 1 saturated heterocycles. The SMILES string of the molecule is CCCCN1C(=O)C(=O)/C(=C(\O)c2ccc3c(c2)OCO3)C1c1ccc(OC(C)C)cc1. The minimum atomic E-state index is -0.691. The lowest BCUT2D eigenvalue weighted by molar-refractivity contribution is -0.139. The lowest BCUT2D eigenvalue weighted by atomic mass is 9.95. The van der Waals surface area contributed by atoms with Gasteiger partial charge < -0.3 is 24.2 Å². The van der Waals surface area contributed by atoms with E-state index in [0.29, 0.717) is 29.4 Å². The predicted octanol–water partition coefficient (Wildman–Crippen LogP) is 4.42. The van der Waals surface area contributed by atoms with Crippen LogP contribution in [0.5, 0.6) is 17.2 Å². The number of carbonyl (C=O) groups is 2. The smallest absolute Gasteiger partial charge is 0.295 e. The van der Waals surface area contributed by atoms with Crippen molar-refractivity contribution in [1.82, 2.24) is 4.90 Å². The van der Waals surface area contributed by atoms with Crippen LogP contribution in [0, 0.1) is 0 Å². The number of aliphatic hydroxyl groups is 1. The summed E-state index contributed by atoms with van der Waals surface area (Å²) in [6, 6.07) is 11.6. The summed E-state index contributed by atoms with van der Waals surface area (Å²) in [7, 11) is 0. The van der Waals surface area contributed by atoms with Crippen molar-refractivity contribution in [3.05, 3.63) is 59.2 Å². The van der Waals surface area contributed by atoms with Crippen LogP contribution in [0.2, 0.25) is 0 Å². The summed E-state index contributed by atoms with van der Waals surface area (Å²) in [5.74, 6) is 0.235. The molecule has 2 aromatic rings. The van der Waals surface area contributed by atoms with Crippen LogP contribution in [0.4, 0.5) is 0 Å². The summed E-state index contributed by atoms with van der Waals surface area (Å²) in [4.78, 5) is 27.5. The van der Waals surface area contributed by atoms with Crippen LogP contribution >= 0.6 is 0 Å². The topological polar surface area (TPSA) is 85.3 Å². The molecule has 0 saturated carbocycles. The molecule has 168 valence electrons. The molecular weight excluding hydrogens is 410 g/mol. The molecule has 0 radical (unpaired) electrons. The van der Waals surface area contributed by atoms with Crippen LogP contribution in [0.3, 0.4) is 0 Å². The van der Waals surface area contributed by atoms with Gasteiger partial charge in [0.15, 0.2) is 11.5 Å². The predicted molar refractivity (Wildman–Crippen MR) is 119 cm³/mol. The third kappa shape index (κ3) is 4.02. The van der Waals surface area contributed by atoms with E-state index in [0.717, 1.165) is 18.4 Å². The lowest BCUT2D eigenvalue weighted by Crippen LogP contribution is -2.30. The number of carbonyl (C=O) groups excluding carboxylic acids is 2. The number of nitrogens with zero attached hydrogens (tertiary/aromatic N) is 1. The molecule has 1 atom stereocenters. The fraction of sp³-hybridized carbons (Fsp3) is 0.360. The van der Waals surface area contributed by atoms with Crippen molar-refractivity contribution >= 4 is 17.4 Å². The van der Waals surface area contributed by atoms with Gasteiger partial charge in [0.1, 0.15) is 11.5 Å². The summed E-state index contributed by atoms with van der Waals surface area (Å²) in [6.07, 6.45) is 1.66. The molecule has 1 N–H and O–H groups in total. The van der Waals surface area contributed by atoms with E-state index >= 15 is 0 Å². The standard InChI is InChI=1S/C25H27NO6/c1-4-5-12-26-22(16-6-9-18(10-7-16)32-15(2)3)21(24(28)25(26)29)23(27)17-8-11-19-20(13-17)31-14-30-19/h6-11,13,15,22,27H,4-5,12,14H2,1-3H3/b23-21-. The number of Topliss-reactive ketones (excluding diaryl/α,β-unsaturated/α-hetero) is 1. The Morgan fingerprint density at radius 2 is 1.84 bits per heavy atom. The molecule has 2 aliphatic rings. The van der Waals surface area contributed by atoms with Crippen molar-refractivity contribution in [2.75, 3.05) is 13.3 Å². The van der Waals surface area contributed by atoms with Crippen molar-refractivity contribution in [3.8, 4) is 17.2 Å². The third-order valence-electron chi connectivity index (χ3n) is 5.51. The number of aliphatic hydroxyl groups excluding tert-OH is 1. The highest BCUT2D eigenvalue weighted by Gasteiger charge is 2.45. The fourth-order valence-corrected chi connectivity index (χ4v) is 3.99. The Kier molecular flexibility index (Phi) is 6.08. The Morgan fingerprint density at radius 3 is 2.53 bits per heavy atom. The Morgan fingerprint density at radius 1 is 1.12 bits per heavy atom. The second kappa shape index (κ2) is 8.94. The van der Waals surface area contributed by atoms with Crippen LogP contribution < -0.4 is 14.2 Å². The second-order valence-electron chi connectivity index (χ2n) is 8.15. The first-order valence-corrected chi connectivity index (χ1v) is 10.9. The number of rotatable bonds is 7. The maximum absolute atomic E-state index is 13.0. The van der Waals surface area contributed by atoms with Crippen LogP contribution in [0.1, 0.15) is 50.8 Å². The molecular formula is C25H27NO6. The number of amides is 1. The van der Waals surface area contributed by atoms with E-state index in [1.165, 1.54) is 0 Å². The van der Waals surface area contributed by atoms with Crippen LogP contribution in [0.25, 0.3) is 5.76 Å². The number of benzene rings is 2. The number of unbranched alkanes of at least 4 members (excludes halogenated alkanes) is 1. The van der Waals surface area contributed by atoms with Crippen molar-refractivity contribution in [2.45, 2.75) is 45.8 Å². The van der Waals surface area contributed by atoms with E-state index in [-0.39, 0.29) is 24.2 Å². The van der Waals surface area contributed by atoms with Gasteiger partial charge in [-0.2, -0.15) is 0 Å². The van der Waals surface area contributed by atoms with Gasteiger partial charge in [0.2, 0.25) is 6.79 Å². The average molecular weight is 437 g/mol. The Bertz CT molecular complexity index is 1060. The van der Waals surface area contributed by atoms with Crippen molar-refractivity contribution < 1.29 is 28.9 Å². The summed E-state index contributed by atoms with van der Waals surface area (Å²) >= 11 is 0. The molecule has 2 heterocycles. The Hall–Kier alpha value is -3.48. The molecule has 0 bridgehead atoms. The number of hydrogen-bond acceptors (Lipinski definition) is 6. The number of ether oxygens (including phenoxy) is 3. The van der Waals surface area contributed by atoms with Gasteiger partial charge in [0.25, 0.3) is 11.7 Å². The molecule has 0 aromatic heterocycles. The monoisotopic (exact) mass is 437 g/mol. The van der Waals surface area contributed by atoms with E-state index < -0.39 is 17.7 Å². The van der Waals surface area contributed by atoms with Crippen molar-refractivity contribution in [1.29, 1.82) is 0 Å². The number of ketones is 1. The minimum Gasteiger partial charge on any atom is -0.507 e. The van der Waals surface area contributed by atoms with E-state index in [1.807, 2.05) is 45.0 Å². The third-order valence-corrected chi connectivity index (χ3v) is 5.51. The largest absolute Gasteiger partial charge is 0.507 e. The molecule has 4 rings (SSSR count). The average Bonchev–Trinajstić information content (AvgIpc) is 3.34. The molecule has 1 amide bonds. The molecule has 7 heteroatoms. The van der Waals surface area contributed by atoms with Gasteiger partial charge in [-0.15, -0.1) is 0 Å². The minimum absolute atomic E-state index is 0.0297. The molecule has 0 aliphatic carbocycles.